The number of nitrogens with zero attached hydrogens (tertiary/aromatic N) is 1. The van der Waals surface area contributed by atoms with E-state index >= 15 is 0 Å². The summed E-state index contributed by atoms with van der Waals surface area (Å²) in [5.41, 5.74) is 6.90. The normalized spacial score (nSPS) is 11.2. The number of fused-ring (bicyclic) bond motifs is 1. The molecule has 17 heavy (non-hydrogen) atoms. The number of hydrogen-bond acceptors (Lipinski definition) is 3. The molecular formula is C13H16N2S2. The molecule has 2 N–H and O–H groups in total. The predicted molar refractivity (Wildman–Crippen MR) is 79.6 cm³/mol. The summed E-state index contributed by atoms with van der Waals surface area (Å²) >= 11 is 6.70. The Labute approximate surface area is 111 Å². The fourth-order valence-electron chi connectivity index (χ4n) is 1.83. The van der Waals surface area contributed by atoms with Crippen LogP contribution in [0.2, 0.25) is 0 Å². The van der Waals surface area contributed by atoms with E-state index in [-0.39, 0.29) is 0 Å². The lowest BCUT2D eigenvalue weighted by atomic mass is 10.1. The van der Waals surface area contributed by atoms with Gasteiger partial charge in [-0.1, -0.05) is 30.4 Å². The number of rotatable bonds is 5. The van der Waals surface area contributed by atoms with Gasteiger partial charge in [0.2, 0.25) is 0 Å². The van der Waals surface area contributed by atoms with E-state index in [9.17, 15) is 0 Å². The topological polar surface area (TPSA) is 29.3 Å². The highest BCUT2D eigenvalue weighted by molar-refractivity contribution is 7.80. The van der Waals surface area contributed by atoms with Gasteiger partial charge in [0.15, 0.2) is 0 Å². The molecule has 0 saturated heterocycles. The van der Waals surface area contributed by atoms with E-state index in [4.69, 9.17) is 18.0 Å². The van der Waals surface area contributed by atoms with Crippen molar-refractivity contribution in [2.45, 2.75) is 13.0 Å². The van der Waals surface area contributed by atoms with Crippen LogP contribution in [0, 0.1) is 0 Å². The Morgan fingerprint density at radius 3 is 2.94 bits per heavy atom. The number of benzene rings is 1. The number of nitrogens with two attached hydrogens (primary N) is 1. The lowest BCUT2D eigenvalue weighted by Gasteiger charge is -2.15. The average molecular weight is 264 g/mol. The highest BCUT2D eigenvalue weighted by atomic mass is 32.1. The molecule has 0 saturated carbocycles. The Morgan fingerprint density at radius 1 is 1.41 bits per heavy atom. The van der Waals surface area contributed by atoms with Gasteiger partial charge in [-0.05, 0) is 29.4 Å². The van der Waals surface area contributed by atoms with Gasteiger partial charge in [-0.25, -0.2) is 0 Å². The minimum absolute atomic E-state index is 0.590. The van der Waals surface area contributed by atoms with Crippen molar-refractivity contribution in [3.63, 3.8) is 0 Å². The maximum atomic E-state index is 5.51. The summed E-state index contributed by atoms with van der Waals surface area (Å²) in [7, 11) is 2.10. The zero-order valence-corrected chi connectivity index (χ0v) is 11.5. The molecule has 0 unspecified atom stereocenters. The van der Waals surface area contributed by atoms with Crippen LogP contribution >= 0.6 is 23.6 Å². The zero-order chi connectivity index (χ0) is 12.3. The highest BCUT2D eigenvalue weighted by Gasteiger charge is 2.06. The van der Waals surface area contributed by atoms with E-state index in [0.717, 1.165) is 19.5 Å². The van der Waals surface area contributed by atoms with Crippen LogP contribution in [0.5, 0.6) is 0 Å². The summed E-state index contributed by atoms with van der Waals surface area (Å²) in [5, 5.41) is 3.60. The second kappa shape index (κ2) is 5.58. The molecule has 4 heteroatoms. The summed E-state index contributed by atoms with van der Waals surface area (Å²) in [6.45, 7) is 1.87. The van der Waals surface area contributed by atoms with Crippen LogP contribution in [-0.4, -0.2) is 23.5 Å². The van der Waals surface area contributed by atoms with Gasteiger partial charge < -0.3 is 10.6 Å². The van der Waals surface area contributed by atoms with Crippen molar-refractivity contribution in [1.29, 1.82) is 0 Å². The molecule has 0 radical (unpaired) electrons. The summed E-state index contributed by atoms with van der Waals surface area (Å²) in [5.74, 6) is 0. The fraction of sp³-hybridized carbons (Fsp3) is 0.308. The van der Waals surface area contributed by atoms with Gasteiger partial charge in [0.25, 0.3) is 0 Å². The van der Waals surface area contributed by atoms with E-state index in [0.29, 0.717) is 4.99 Å². The van der Waals surface area contributed by atoms with Crippen LogP contribution in [0.4, 0.5) is 0 Å². The van der Waals surface area contributed by atoms with Gasteiger partial charge in [0, 0.05) is 24.2 Å². The molecule has 2 rings (SSSR count). The van der Waals surface area contributed by atoms with Crippen LogP contribution in [-0.2, 0) is 6.54 Å². The first-order valence-corrected chi connectivity index (χ1v) is 6.87. The van der Waals surface area contributed by atoms with Crippen molar-refractivity contribution in [2.75, 3.05) is 13.6 Å². The SMILES string of the molecule is CN(CCC(N)=S)Cc1csc2ccccc12. The Balaban J connectivity index is 2.05. The van der Waals surface area contributed by atoms with Gasteiger partial charge in [-0.2, -0.15) is 0 Å². The highest BCUT2D eigenvalue weighted by Crippen LogP contribution is 2.26. The first-order valence-electron chi connectivity index (χ1n) is 5.59. The van der Waals surface area contributed by atoms with Gasteiger partial charge in [0.05, 0.1) is 4.99 Å². The van der Waals surface area contributed by atoms with Crippen molar-refractivity contribution in [1.82, 2.24) is 4.90 Å². The monoisotopic (exact) mass is 264 g/mol. The number of thiocarbonyl (C=S) groups is 1. The van der Waals surface area contributed by atoms with Gasteiger partial charge in [-0.15, -0.1) is 11.3 Å². The van der Waals surface area contributed by atoms with Crippen molar-refractivity contribution in [3.8, 4) is 0 Å². The molecular weight excluding hydrogens is 248 g/mol. The Morgan fingerprint density at radius 2 is 2.18 bits per heavy atom. The molecule has 1 aromatic carbocycles. The van der Waals surface area contributed by atoms with Gasteiger partial charge in [0.1, 0.15) is 0 Å². The third-order valence-corrected chi connectivity index (χ3v) is 3.96. The predicted octanol–water partition coefficient (Wildman–Crippen LogP) is 3.01. The number of thiophene rings is 1. The molecule has 0 aliphatic carbocycles. The summed E-state index contributed by atoms with van der Waals surface area (Å²) in [6, 6.07) is 8.52. The molecule has 0 aliphatic heterocycles. The second-order valence-corrected chi connectivity index (χ2v) is 5.65. The van der Waals surface area contributed by atoms with Crippen LogP contribution in [0.1, 0.15) is 12.0 Å². The van der Waals surface area contributed by atoms with Crippen LogP contribution in [0.3, 0.4) is 0 Å². The van der Waals surface area contributed by atoms with Gasteiger partial charge in [-0.3, -0.25) is 0 Å². The molecule has 1 heterocycles. The van der Waals surface area contributed by atoms with Crippen molar-refractivity contribution in [3.05, 3.63) is 35.2 Å². The summed E-state index contributed by atoms with van der Waals surface area (Å²) in [6.07, 6.45) is 0.786. The third kappa shape index (κ3) is 3.25. The van der Waals surface area contributed by atoms with Crippen LogP contribution in [0.15, 0.2) is 29.6 Å². The molecule has 0 fully saturated rings. The molecule has 0 bridgehead atoms. The van der Waals surface area contributed by atoms with Crippen molar-refractivity contribution < 1.29 is 0 Å². The quantitative estimate of drug-likeness (QED) is 0.842. The Bertz CT molecular complexity index is 519. The molecule has 0 atom stereocenters. The maximum Gasteiger partial charge on any atom is 0.0740 e. The summed E-state index contributed by atoms with van der Waals surface area (Å²) in [4.78, 5) is 2.85. The van der Waals surface area contributed by atoms with E-state index in [1.54, 1.807) is 11.3 Å². The molecule has 0 aliphatic rings. The Kier molecular flexibility index (Phi) is 4.10. The third-order valence-electron chi connectivity index (χ3n) is 2.74. The second-order valence-electron chi connectivity index (χ2n) is 4.21. The number of hydrogen-bond donors (Lipinski definition) is 1. The molecule has 90 valence electrons. The maximum absolute atomic E-state index is 5.51. The first-order chi connectivity index (χ1) is 8.16. The zero-order valence-electron chi connectivity index (χ0n) is 9.85. The minimum atomic E-state index is 0.590. The molecule has 0 amide bonds. The lowest BCUT2D eigenvalue weighted by Crippen LogP contribution is -2.23. The first kappa shape index (κ1) is 12.5. The van der Waals surface area contributed by atoms with Crippen molar-refractivity contribution in [2.24, 2.45) is 5.73 Å². The fourth-order valence-corrected chi connectivity index (χ4v) is 2.87. The molecule has 2 nitrogen and oxygen atoms in total. The smallest absolute Gasteiger partial charge is 0.0740 e. The molecule has 0 spiro atoms. The van der Waals surface area contributed by atoms with Crippen molar-refractivity contribution >= 4 is 38.6 Å². The lowest BCUT2D eigenvalue weighted by molar-refractivity contribution is 0.339. The summed E-state index contributed by atoms with van der Waals surface area (Å²) < 4.78 is 1.35. The van der Waals surface area contributed by atoms with Gasteiger partial charge >= 0.3 is 0 Å². The van der Waals surface area contributed by atoms with E-state index in [2.05, 4.69) is 41.6 Å². The molecule has 2 aromatic rings. The molecule has 1 aromatic heterocycles. The average Bonchev–Trinajstić information content (AvgIpc) is 2.70. The minimum Gasteiger partial charge on any atom is -0.393 e. The van der Waals surface area contributed by atoms with E-state index in [1.165, 1.54) is 15.6 Å². The van der Waals surface area contributed by atoms with E-state index in [1.807, 2.05) is 0 Å². The largest absolute Gasteiger partial charge is 0.393 e. The van der Waals surface area contributed by atoms with E-state index < -0.39 is 0 Å². The Hall–Kier alpha value is -0.970. The van der Waals surface area contributed by atoms with Crippen LogP contribution in [0.25, 0.3) is 10.1 Å². The van der Waals surface area contributed by atoms with Crippen LogP contribution < -0.4 is 5.73 Å². The standard InChI is InChI=1S/C13H16N2S2/c1-15(7-6-13(14)16)8-10-9-17-12-5-3-2-4-11(10)12/h2-5,9H,6-8H2,1H3,(H2,14,16).